The first-order valence-electron chi connectivity index (χ1n) is 5.45. The molecule has 1 heterocycles. The van der Waals surface area contributed by atoms with Crippen LogP contribution >= 0.6 is 31.9 Å². The molecule has 0 saturated carbocycles. The Bertz CT molecular complexity index is 582. The van der Waals surface area contributed by atoms with Gasteiger partial charge in [-0.25, -0.2) is 4.79 Å². The number of anilines is 1. The predicted molar refractivity (Wildman–Crippen MR) is 79.2 cm³/mol. The highest BCUT2D eigenvalue weighted by atomic mass is 79.9. The van der Waals surface area contributed by atoms with E-state index in [1.807, 2.05) is 18.2 Å². The molecule has 1 aromatic carbocycles. The molecule has 0 fully saturated rings. The Hall–Kier alpha value is -1.27. The standard InChI is InChI=1S/C13H11Br2NO3/c1-18-13(17)10-5-8(14)6-11(15)12(10)16-7-9-3-2-4-19-9/h2-6,16H,7H2,1H3. The number of hydrogen-bond acceptors (Lipinski definition) is 4. The molecule has 0 amide bonds. The minimum atomic E-state index is -0.399. The van der Waals surface area contributed by atoms with Gasteiger partial charge in [-0.3, -0.25) is 0 Å². The van der Waals surface area contributed by atoms with Gasteiger partial charge >= 0.3 is 5.97 Å². The van der Waals surface area contributed by atoms with E-state index in [0.717, 1.165) is 14.7 Å². The number of rotatable bonds is 4. The first kappa shape index (κ1) is 14.1. The normalized spacial score (nSPS) is 10.3. The third-order valence-electron chi connectivity index (χ3n) is 2.48. The summed E-state index contributed by atoms with van der Waals surface area (Å²) in [6.07, 6.45) is 1.61. The van der Waals surface area contributed by atoms with Crippen molar-refractivity contribution >= 4 is 43.5 Å². The van der Waals surface area contributed by atoms with Gasteiger partial charge in [0.25, 0.3) is 0 Å². The summed E-state index contributed by atoms with van der Waals surface area (Å²) in [6, 6.07) is 7.24. The Kier molecular flexibility index (Phi) is 4.66. The number of furan rings is 1. The van der Waals surface area contributed by atoms with E-state index in [4.69, 9.17) is 9.15 Å². The first-order valence-corrected chi connectivity index (χ1v) is 7.04. The topological polar surface area (TPSA) is 51.5 Å². The van der Waals surface area contributed by atoms with Crippen molar-refractivity contribution in [3.63, 3.8) is 0 Å². The molecule has 0 aliphatic carbocycles. The summed E-state index contributed by atoms with van der Waals surface area (Å²) < 4.78 is 11.6. The molecule has 1 aromatic heterocycles. The molecule has 0 aliphatic heterocycles. The van der Waals surface area contributed by atoms with Crippen LogP contribution in [0.2, 0.25) is 0 Å². The van der Waals surface area contributed by atoms with Crippen molar-refractivity contribution in [1.82, 2.24) is 0 Å². The number of esters is 1. The van der Waals surface area contributed by atoms with E-state index in [2.05, 4.69) is 37.2 Å². The van der Waals surface area contributed by atoms with Crippen LogP contribution in [0, 0.1) is 0 Å². The van der Waals surface area contributed by atoms with Gasteiger partial charge in [-0.05, 0) is 40.2 Å². The summed E-state index contributed by atoms with van der Waals surface area (Å²) in [5, 5.41) is 3.16. The molecule has 1 N–H and O–H groups in total. The molecule has 2 aromatic rings. The van der Waals surface area contributed by atoms with Crippen molar-refractivity contribution in [2.75, 3.05) is 12.4 Å². The second kappa shape index (κ2) is 6.25. The molecular weight excluding hydrogens is 378 g/mol. The largest absolute Gasteiger partial charge is 0.467 e. The molecule has 0 saturated heterocycles. The summed E-state index contributed by atoms with van der Waals surface area (Å²) in [7, 11) is 1.35. The first-order chi connectivity index (χ1) is 9.11. The Morgan fingerprint density at radius 2 is 2.21 bits per heavy atom. The smallest absolute Gasteiger partial charge is 0.340 e. The van der Waals surface area contributed by atoms with Gasteiger partial charge < -0.3 is 14.5 Å². The maximum absolute atomic E-state index is 11.8. The highest BCUT2D eigenvalue weighted by molar-refractivity contribution is 9.11. The Labute approximate surface area is 127 Å². The minimum Gasteiger partial charge on any atom is -0.467 e. The van der Waals surface area contributed by atoms with Crippen LogP contribution in [0.25, 0.3) is 0 Å². The number of methoxy groups -OCH3 is 1. The third kappa shape index (κ3) is 3.39. The lowest BCUT2D eigenvalue weighted by Crippen LogP contribution is -2.09. The molecule has 0 bridgehead atoms. The lowest BCUT2D eigenvalue weighted by molar-refractivity contribution is 0.0601. The number of hydrogen-bond donors (Lipinski definition) is 1. The van der Waals surface area contributed by atoms with Gasteiger partial charge in [-0.1, -0.05) is 15.9 Å². The zero-order chi connectivity index (χ0) is 13.8. The molecule has 19 heavy (non-hydrogen) atoms. The Balaban J connectivity index is 2.29. The average Bonchev–Trinajstić information content (AvgIpc) is 2.89. The quantitative estimate of drug-likeness (QED) is 0.797. The van der Waals surface area contributed by atoms with E-state index in [-0.39, 0.29) is 0 Å². The van der Waals surface area contributed by atoms with Crippen LogP contribution in [0.4, 0.5) is 5.69 Å². The molecule has 0 aliphatic rings. The van der Waals surface area contributed by atoms with Crippen molar-refractivity contribution in [2.24, 2.45) is 0 Å². The van der Waals surface area contributed by atoms with E-state index < -0.39 is 5.97 Å². The fourth-order valence-electron chi connectivity index (χ4n) is 1.61. The monoisotopic (exact) mass is 387 g/mol. The number of halogens is 2. The molecule has 100 valence electrons. The van der Waals surface area contributed by atoms with E-state index >= 15 is 0 Å². The van der Waals surface area contributed by atoms with E-state index in [1.165, 1.54) is 7.11 Å². The number of benzene rings is 1. The van der Waals surface area contributed by atoms with Crippen LogP contribution in [0.3, 0.4) is 0 Å². The Morgan fingerprint density at radius 3 is 2.84 bits per heavy atom. The van der Waals surface area contributed by atoms with Gasteiger partial charge in [0.15, 0.2) is 0 Å². The number of carbonyl (C=O) groups excluding carboxylic acids is 1. The van der Waals surface area contributed by atoms with Crippen molar-refractivity contribution in [3.8, 4) is 0 Å². The molecule has 6 heteroatoms. The molecule has 0 spiro atoms. The van der Waals surface area contributed by atoms with Crippen molar-refractivity contribution in [3.05, 3.63) is 50.8 Å². The molecule has 2 rings (SSSR count). The minimum absolute atomic E-state index is 0.399. The number of carbonyl (C=O) groups is 1. The summed E-state index contributed by atoms with van der Waals surface area (Å²) in [4.78, 5) is 11.8. The average molecular weight is 389 g/mol. The van der Waals surface area contributed by atoms with Crippen LogP contribution in [0.15, 0.2) is 43.9 Å². The highest BCUT2D eigenvalue weighted by Crippen LogP contribution is 2.31. The third-order valence-corrected chi connectivity index (χ3v) is 3.56. The zero-order valence-corrected chi connectivity index (χ0v) is 13.2. The van der Waals surface area contributed by atoms with Crippen LogP contribution < -0.4 is 5.32 Å². The van der Waals surface area contributed by atoms with Gasteiger partial charge in [-0.2, -0.15) is 0 Å². The lowest BCUT2D eigenvalue weighted by atomic mass is 10.2. The van der Waals surface area contributed by atoms with Gasteiger partial charge in [-0.15, -0.1) is 0 Å². The number of ether oxygens (including phenoxy) is 1. The van der Waals surface area contributed by atoms with Crippen molar-refractivity contribution in [1.29, 1.82) is 0 Å². The molecule has 4 nitrogen and oxygen atoms in total. The molecule has 0 unspecified atom stereocenters. The summed E-state index contributed by atoms with van der Waals surface area (Å²) in [5.41, 5.74) is 1.13. The van der Waals surface area contributed by atoms with E-state index in [1.54, 1.807) is 12.3 Å². The highest BCUT2D eigenvalue weighted by Gasteiger charge is 2.16. The van der Waals surface area contributed by atoms with Gasteiger partial charge in [0.05, 0.1) is 31.2 Å². The van der Waals surface area contributed by atoms with Crippen LogP contribution in [-0.2, 0) is 11.3 Å². The predicted octanol–water partition coefficient (Wildman–Crippen LogP) is 4.20. The SMILES string of the molecule is COC(=O)c1cc(Br)cc(Br)c1NCc1ccco1. The zero-order valence-electron chi connectivity index (χ0n) is 10.1. The van der Waals surface area contributed by atoms with Crippen LogP contribution in [0.5, 0.6) is 0 Å². The number of nitrogens with one attached hydrogen (secondary N) is 1. The van der Waals surface area contributed by atoms with E-state index in [9.17, 15) is 4.79 Å². The molecular formula is C13H11Br2NO3. The van der Waals surface area contributed by atoms with Crippen LogP contribution in [-0.4, -0.2) is 13.1 Å². The second-order valence-electron chi connectivity index (χ2n) is 3.73. The fourth-order valence-corrected chi connectivity index (χ4v) is 2.98. The summed E-state index contributed by atoms with van der Waals surface area (Å²) in [5.74, 6) is 0.384. The lowest BCUT2D eigenvalue weighted by Gasteiger charge is -2.12. The maximum atomic E-state index is 11.8. The van der Waals surface area contributed by atoms with Gasteiger partial charge in [0.2, 0.25) is 0 Å². The van der Waals surface area contributed by atoms with Crippen LogP contribution in [0.1, 0.15) is 16.1 Å². The van der Waals surface area contributed by atoms with Gasteiger partial charge in [0.1, 0.15) is 5.76 Å². The fraction of sp³-hybridized carbons (Fsp3) is 0.154. The Morgan fingerprint density at radius 1 is 1.42 bits per heavy atom. The maximum Gasteiger partial charge on any atom is 0.340 e. The molecule has 0 atom stereocenters. The van der Waals surface area contributed by atoms with E-state index in [0.29, 0.717) is 17.8 Å². The summed E-state index contributed by atoms with van der Waals surface area (Å²) in [6.45, 7) is 0.483. The van der Waals surface area contributed by atoms with Gasteiger partial charge in [0, 0.05) is 8.95 Å². The van der Waals surface area contributed by atoms with Crippen molar-refractivity contribution in [2.45, 2.75) is 6.54 Å². The molecule has 0 radical (unpaired) electrons. The second-order valence-corrected chi connectivity index (χ2v) is 5.50. The summed E-state index contributed by atoms with van der Waals surface area (Å²) >= 11 is 6.78. The van der Waals surface area contributed by atoms with Crippen molar-refractivity contribution < 1.29 is 13.9 Å².